The van der Waals surface area contributed by atoms with Gasteiger partial charge in [-0.3, -0.25) is 9.48 Å². The van der Waals surface area contributed by atoms with E-state index in [4.69, 9.17) is 28.3 Å². The topological polar surface area (TPSA) is 79.2 Å². The maximum absolute atomic E-state index is 14.6. The molecule has 0 bridgehead atoms. The van der Waals surface area contributed by atoms with Gasteiger partial charge in [-0.25, -0.2) is 4.39 Å². The van der Waals surface area contributed by atoms with Gasteiger partial charge in [0.2, 0.25) is 0 Å². The number of aryl methyl sites for hydroxylation is 1. The molecular weight excluding hydrogens is 442 g/mol. The van der Waals surface area contributed by atoms with Crippen molar-refractivity contribution in [3.8, 4) is 0 Å². The first-order valence-corrected chi connectivity index (χ1v) is 9.38. The molecule has 0 atom stereocenters. The van der Waals surface area contributed by atoms with Crippen molar-refractivity contribution in [1.82, 2.24) is 15.1 Å². The third-order valence-corrected chi connectivity index (χ3v) is 5.85. The summed E-state index contributed by atoms with van der Waals surface area (Å²) in [5, 5.41) is 21.3. The van der Waals surface area contributed by atoms with Crippen LogP contribution in [0, 0.1) is 12.7 Å². The fraction of sp³-hybridized carbons (Fsp3) is 0.263. The van der Waals surface area contributed by atoms with Crippen LogP contribution in [0.5, 0.6) is 0 Å². The van der Waals surface area contributed by atoms with E-state index in [-0.39, 0.29) is 24.0 Å². The molecule has 4 rings (SSSR count). The fourth-order valence-corrected chi connectivity index (χ4v) is 4.06. The van der Waals surface area contributed by atoms with Crippen LogP contribution in [-0.4, -0.2) is 33.9 Å². The van der Waals surface area contributed by atoms with E-state index in [1.165, 1.54) is 16.8 Å². The van der Waals surface area contributed by atoms with Gasteiger partial charge < -0.3 is 15.7 Å². The van der Waals surface area contributed by atoms with Crippen molar-refractivity contribution in [3.63, 3.8) is 0 Å². The van der Waals surface area contributed by atoms with Gasteiger partial charge in [0.15, 0.2) is 0 Å². The Kier molecular flexibility index (Phi) is 5.96. The maximum Gasteiger partial charge on any atom is 0.325 e. The van der Waals surface area contributed by atoms with E-state index in [1.807, 2.05) is 25.1 Å². The molecule has 6 nitrogen and oxygen atoms in total. The van der Waals surface area contributed by atoms with Gasteiger partial charge in [0.25, 0.3) is 0 Å². The zero-order chi connectivity index (χ0) is 20.1. The molecule has 0 aliphatic carbocycles. The molecule has 3 aromatic rings. The van der Waals surface area contributed by atoms with Gasteiger partial charge in [-0.2, -0.15) is 5.10 Å². The Morgan fingerprint density at radius 3 is 2.69 bits per heavy atom. The maximum atomic E-state index is 14.6. The average Bonchev–Trinajstić information content (AvgIpc) is 2.90. The highest BCUT2D eigenvalue weighted by molar-refractivity contribution is 6.42. The number of halogens is 4. The third-order valence-electron chi connectivity index (χ3n) is 5.05. The molecule has 2 aromatic carbocycles. The summed E-state index contributed by atoms with van der Waals surface area (Å²) in [6.07, 6.45) is 0. The molecule has 10 heteroatoms. The van der Waals surface area contributed by atoms with Crippen molar-refractivity contribution in [2.75, 3.05) is 18.4 Å². The van der Waals surface area contributed by atoms with Gasteiger partial charge in [-0.1, -0.05) is 23.2 Å². The largest absolute Gasteiger partial charge is 0.480 e. The monoisotopic (exact) mass is 458 g/mol. The van der Waals surface area contributed by atoms with E-state index >= 15 is 0 Å². The summed E-state index contributed by atoms with van der Waals surface area (Å²) >= 11 is 12.4. The smallest absolute Gasteiger partial charge is 0.325 e. The quantitative estimate of drug-likeness (QED) is 0.498. The van der Waals surface area contributed by atoms with Crippen LogP contribution in [-0.2, 0) is 16.9 Å². The predicted molar refractivity (Wildman–Crippen MR) is 114 cm³/mol. The van der Waals surface area contributed by atoms with Crippen LogP contribution in [0.2, 0.25) is 10.0 Å². The molecular formula is C19H18Cl3FN4O2. The van der Waals surface area contributed by atoms with E-state index in [1.54, 1.807) is 0 Å². The van der Waals surface area contributed by atoms with E-state index < -0.39 is 17.3 Å². The molecule has 0 saturated carbocycles. The number of carboxylic acids is 1. The molecule has 1 saturated heterocycles. The first kappa shape index (κ1) is 21.6. The summed E-state index contributed by atoms with van der Waals surface area (Å²) in [5.74, 6) is -1.38. The summed E-state index contributed by atoms with van der Waals surface area (Å²) in [6, 6.07) is 8.29. The van der Waals surface area contributed by atoms with Crippen molar-refractivity contribution in [2.24, 2.45) is 0 Å². The van der Waals surface area contributed by atoms with Gasteiger partial charge in [0.1, 0.15) is 12.4 Å². The molecule has 1 aliphatic rings. The first-order valence-electron chi connectivity index (χ1n) is 8.62. The molecule has 1 fully saturated rings. The summed E-state index contributed by atoms with van der Waals surface area (Å²) in [4.78, 5) is 11.0. The third kappa shape index (κ3) is 3.75. The Bertz CT molecular complexity index is 1100. The molecule has 29 heavy (non-hydrogen) atoms. The minimum absolute atomic E-state index is 0. The first-order chi connectivity index (χ1) is 13.3. The Hall–Kier alpha value is -2.06. The minimum Gasteiger partial charge on any atom is -0.480 e. The van der Waals surface area contributed by atoms with Gasteiger partial charge >= 0.3 is 5.97 Å². The minimum atomic E-state index is -0.958. The highest BCUT2D eigenvalue weighted by Crippen LogP contribution is 2.40. The zero-order valence-corrected chi connectivity index (χ0v) is 17.6. The average molecular weight is 460 g/mol. The van der Waals surface area contributed by atoms with Crippen molar-refractivity contribution in [2.45, 2.75) is 19.0 Å². The number of carbonyl (C=O) groups is 1. The van der Waals surface area contributed by atoms with Crippen LogP contribution in [0.15, 0.2) is 30.3 Å². The SMILES string of the molecule is Cc1c2ccc(NC3(c4c(F)ccc(Cl)c4Cl)CNC3)cc2nn1CC(=O)O.Cl. The summed E-state index contributed by atoms with van der Waals surface area (Å²) < 4.78 is 16.0. The lowest BCUT2D eigenvalue weighted by Gasteiger charge is -2.45. The molecule has 0 radical (unpaired) electrons. The van der Waals surface area contributed by atoms with Crippen molar-refractivity contribution < 1.29 is 14.3 Å². The molecule has 154 valence electrons. The number of anilines is 1. The van der Waals surface area contributed by atoms with Crippen LogP contribution in [0.25, 0.3) is 10.9 Å². The number of aromatic nitrogens is 2. The summed E-state index contributed by atoms with van der Waals surface area (Å²) in [6.45, 7) is 2.58. The van der Waals surface area contributed by atoms with Gasteiger partial charge in [-0.15, -0.1) is 12.4 Å². The fourth-order valence-electron chi connectivity index (χ4n) is 3.57. The lowest BCUT2D eigenvalue weighted by molar-refractivity contribution is -0.137. The standard InChI is InChI=1S/C19H17Cl2FN4O2.ClH/c1-10-12-3-2-11(6-15(12)25-26(10)7-16(27)28)24-19(8-23-9-19)17-14(22)5-4-13(20)18(17)21;/h2-6,23-24H,7-9H2,1H3,(H,27,28);1H. The molecule has 3 N–H and O–H groups in total. The van der Waals surface area contributed by atoms with E-state index in [2.05, 4.69) is 15.7 Å². The Morgan fingerprint density at radius 2 is 2.07 bits per heavy atom. The molecule has 2 heterocycles. The molecule has 1 aliphatic heterocycles. The zero-order valence-electron chi connectivity index (χ0n) is 15.3. The highest BCUT2D eigenvalue weighted by Gasteiger charge is 2.43. The lowest BCUT2D eigenvalue weighted by Crippen LogP contribution is -2.62. The lowest BCUT2D eigenvalue weighted by atomic mass is 9.83. The number of nitrogens with zero attached hydrogens (tertiary/aromatic N) is 2. The van der Waals surface area contributed by atoms with Gasteiger partial charge in [0.05, 0.1) is 21.1 Å². The summed E-state index contributed by atoms with van der Waals surface area (Å²) in [7, 11) is 0. The second kappa shape index (κ2) is 7.99. The number of fused-ring (bicyclic) bond motifs is 1. The van der Waals surface area contributed by atoms with Crippen LogP contribution in [0.1, 0.15) is 11.3 Å². The van der Waals surface area contributed by atoms with Crippen molar-refractivity contribution in [3.05, 3.63) is 57.5 Å². The number of hydrogen-bond donors (Lipinski definition) is 3. The molecule has 0 spiro atoms. The van der Waals surface area contributed by atoms with E-state index in [9.17, 15) is 9.18 Å². The number of nitrogens with one attached hydrogen (secondary N) is 2. The summed E-state index contributed by atoms with van der Waals surface area (Å²) in [5.41, 5.74) is 1.74. The van der Waals surface area contributed by atoms with E-state index in [0.29, 0.717) is 29.2 Å². The normalized spacial score (nSPS) is 14.9. The Morgan fingerprint density at radius 1 is 1.34 bits per heavy atom. The van der Waals surface area contributed by atoms with Crippen LogP contribution >= 0.6 is 35.6 Å². The highest BCUT2D eigenvalue weighted by atomic mass is 35.5. The second-order valence-corrected chi connectivity index (χ2v) is 7.68. The Balaban J connectivity index is 0.00000240. The Labute approximate surface area is 182 Å². The van der Waals surface area contributed by atoms with Crippen molar-refractivity contribution >= 4 is 58.2 Å². The van der Waals surface area contributed by atoms with Crippen molar-refractivity contribution in [1.29, 1.82) is 0 Å². The van der Waals surface area contributed by atoms with E-state index in [0.717, 1.165) is 16.8 Å². The molecule has 0 amide bonds. The number of hydrogen-bond acceptors (Lipinski definition) is 4. The van der Waals surface area contributed by atoms with Crippen LogP contribution in [0.3, 0.4) is 0 Å². The van der Waals surface area contributed by atoms with Gasteiger partial charge in [-0.05, 0) is 37.3 Å². The predicted octanol–water partition coefficient (Wildman–Crippen LogP) is 4.21. The number of aliphatic carboxylic acids is 1. The number of benzene rings is 2. The van der Waals surface area contributed by atoms with Crippen LogP contribution < -0.4 is 10.6 Å². The number of carboxylic acid groups (broad SMARTS) is 1. The molecule has 0 unspecified atom stereocenters. The van der Waals surface area contributed by atoms with Crippen LogP contribution in [0.4, 0.5) is 10.1 Å². The number of rotatable bonds is 5. The van der Waals surface area contributed by atoms with Gasteiger partial charge in [0, 0.05) is 35.4 Å². The molecule has 1 aromatic heterocycles. The second-order valence-electron chi connectivity index (χ2n) is 6.90.